The summed E-state index contributed by atoms with van der Waals surface area (Å²) < 4.78 is 10.7. The summed E-state index contributed by atoms with van der Waals surface area (Å²) in [6.07, 6.45) is 1.66. The SMILES string of the molecule is COc1cc2c(c(OC)c1)-c1c(ccc(O)c1O)CC2. The van der Waals surface area contributed by atoms with E-state index in [-0.39, 0.29) is 11.5 Å². The third-order valence-electron chi connectivity index (χ3n) is 3.77. The Balaban J connectivity index is 2.33. The van der Waals surface area contributed by atoms with E-state index in [1.165, 1.54) is 6.07 Å². The van der Waals surface area contributed by atoms with Gasteiger partial charge in [-0.1, -0.05) is 6.07 Å². The van der Waals surface area contributed by atoms with Gasteiger partial charge >= 0.3 is 0 Å². The summed E-state index contributed by atoms with van der Waals surface area (Å²) >= 11 is 0. The van der Waals surface area contributed by atoms with Crippen LogP contribution in [0.25, 0.3) is 11.1 Å². The van der Waals surface area contributed by atoms with Gasteiger partial charge in [-0.15, -0.1) is 0 Å². The molecule has 4 nitrogen and oxygen atoms in total. The van der Waals surface area contributed by atoms with Gasteiger partial charge in [0, 0.05) is 17.2 Å². The van der Waals surface area contributed by atoms with Gasteiger partial charge in [-0.05, 0) is 36.1 Å². The van der Waals surface area contributed by atoms with Gasteiger partial charge in [-0.2, -0.15) is 0 Å². The average molecular weight is 272 g/mol. The zero-order chi connectivity index (χ0) is 14.3. The van der Waals surface area contributed by atoms with Gasteiger partial charge in [-0.25, -0.2) is 0 Å². The Morgan fingerprint density at radius 1 is 0.900 bits per heavy atom. The highest BCUT2D eigenvalue weighted by Crippen LogP contribution is 2.48. The van der Waals surface area contributed by atoms with Crippen LogP contribution >= 0.6 is 0 Å². The van der Waals surface area contributed by atoms with Gasteiger partial charge in [0.2, 0.25) is 0 Å². The van der Waals surface area contributed by atoms with Crippen molar-refractivity contribution in [2.75, 3.05) is 14.2 Å². The number of benzene rings is 2. The highest BCUT2D eigenvalue weighted by Gasteiger charge is 2.25. The van der Waals surface area contributed by atoms with E-state index in [1.54, 1.807) is 20.3 Å². The maximum Gasteiger partial charge on any atom is 0.165 e. The Kier molecular flexibility index (Phi) is 2.93. The summed E-state index contributed by atoms with van der Waals surface area (Å²) in [5.74, 6) is 1.16. The second-order valence-electron chi connectivity index (χ2n) is 4.83. The fourth-order valence-electron chi connectivity index (χ4n) is 2.78. The molecule has 0 radical (unpaired) electrons. The van der Waals surface area contributed by atoms with Crippen molar-refractivity contribution in [1.29, 1.82) is 0 Å². The number of hydrogen-bond acceptors (Lipinski definition) is 4. The Hall–Kier alpha value is -2.36. The molecule has 20 heavy (non-hydrogen) atoms. The molecule has 0 spiro atoms. The Morgan fingerprint density at radius 2 is 1.65 bits per heavy atom. The molecule has 0 aromatic heterocycles. The van der Waals surface area contributed by atoms with Gasteiger partial charge in [0.15, 0.2) is 11.5 Å². The van der Waals surface area contributed by atoms with Crippen LogP contribution in [0.2, 0.25) is 0 Å². The third kappa shape index (κ3) is 1.76. The minimum absolute atomic E-state index is 0.0908. The molecule has 2 N–H and O–H groups in total. The molecule has 0 bridgehead atoms. The number of methoxy groups -OCH3 is 2. The molecule has 2 aromatic rings. The molecule has 1 aliphatic carbocycles. The summed E-state index contributed by atoms with van der Waals surface area (Å²) in [6, 6.07) is 7.11. The lowest BCUT2D eigenvalue weighted by Gasteiger charge is -2.24. The first-order valence-corrected chi connectivity index (χ1v) is 6.44. The molecule has 0 amide bonds. The lowest BCUT2D eigenvalue weighted by molar-refractivity contribution is 0.392. The lowest BCUT2D eigenvalue weighted by atomic mass is 9.84. The molecule has 3 rings (SSSR count). The van der Waals surface area contributed by atoms with Gasteiger partial charge in [0.05, 0.1) is 14.2 Å². The van der Waals surface area contributed by atoms with Crippen LogP contribution in [0.15, 0.2) is 24.3 Å². The van der Waals surface area contributed by atoms with Crippen LogP contribution in [0.4, 0.5) is 0 Å². The highest BCUT2D eigenvalue weighted by atomic mass is 16.5. The predicted molar refractivity (Wildman–Crippen MR) is 75.7 cm³/mol. The van der Waals surface area contributed by atoms with E-state index >= 15 is 0 Å². The maximum absolute atomic E-state index is 10.2. The first kappa shape index (κ1) is 12.7. The molecule has 4 heteroatoms. The second-order valence-corrected chi connectivity index (χ2v) is 4.83. The lowest BCUT2D eigenvalue weighted by Crippen LogP contribution is -2.06. The monoisotopic (exact) mass is 272 g/mol. The topological polar surface area (TPSA) is 58.9 Å². The molecule has 1 aliphatic rings. The largest absolute Gasteiger partial charge is 0.504 e. The molecule has 0 unspecified atom stereocenters. The molecule has 2 aromatic carbocycles. The van der Waals surface area contributed by atoms with Crippen LogP contribution in [0.3, 0.4) is 0 Å². The highest BCUT2D eigenvalue weighted by molar-refractivity contribution is 5.85. The van der Waals surface area contributed by atoms with Crippen molar-refractivity contribution in [2.24, 2.45) is 0 Å². The molecule has 0 saturated heterocycles. The van der Waals surface area contributed by atoms with Crippen LogP contribution in [0.1, 0.15) is 11.1 Å². The molecule has 0 aliphatic heterocycles. The Morgan fingerprint density at radius 3 is 2.35 bits per heavy atom. The standard InChI is InChI=1S/C16H16O4/c1-19-11-7-10-4-3-9-5-6-12(17)16(18)15(9)14(10)13(8-11)20-2/h5-8,17-18H,3-4H2,1-2H3. The molecular formula is C16H16O4. The van der Waals surface area contributed by atoms with Crippen molar-refractivity contribution in [3.05, 3.63) is 35.4 Å². The molecular weight excluding hydrogens is 256 g/mol. The van der Waals surface area contributed by atoms with Gasteiger partial charge in [0.25, 0.3) is 0 Å². The van der Waals surface area contributed by atoms with Crippen LogP contribution < -0.4 is 9.47 Å². The fourth-order valence-corrected chi connectivity index (χ4v) is 2.78. The predicted octanol–water partition coefficient (Wildman–Crippen LogP) is 2.88. The average Bonchev–Trinajstić information content (AvgIpc) is 2.49. The molecule has 0 fully saturated rings. The summed E-state index contributed by atoms with van der Waals surface area (Å²) in [6.45, 7) is 0. The van der Waals surface area contributed by atoms with Crippen LogP contribution in [-0.2, 0) is 12.8 Å². The minimum Gasteiger partial charge on any atom is -0.504 e. The number of ether oxygens (including phenoxy) is 2. The third-order valence-corrected chi connectivity index (χ3v) is 3.77. The first-order chi connectivity index (χ1) is 9.65. The summed E-state index contributed by atoms with van der Waals surface area (Å²) in [4.78, 5) is 0. The van der Waals surface area contributed by atoms with Crippen molar-refractivity contribution in [2.45, 2.75) is 12.8 Å². The fraction of sp³-hybridized carbons (Fsp3) is 0.250. The molecule has 0 heterocycles. The number of aryl methyl sites for hydroxylation is 2. The van der Waals surface area contributed by atoms with Crippen molar-refractivity contribution >= 4 is 0 Å². The normalized spacial score (nSPS) is 12.5. The van der Waals surface area contributed by atoms with Crippen molar-refractivity contribution < 1.29 is 19.7 Å². The summed E-state index contributed by atoms with van der Waals surface area (Å²) in [5.41, 5.74) is 3.56. The van der Waals surface area contributed by atoms with Gasteiger partial charge in [-0.3, -0.25) is 0 Å². The maximum atomic E-state index is 10.2. The molecule has 104 valence electrons. The van der Waals surface area contributed by atoms with E-state index in [0.717, 1.165) is 35.3 Å². The van der Waals surface area contributed by atoms with Crippen molar-refractivity contribution in [3.63, 3.8) is 0 Å². The van der Waals surface area contributed by atoms with E-state index in [2.05, 4.69) is 0 Å². The second kappa shape index (κ2) is 4.63. The number of rotatable bonds is 2. The molecule has 0 atom stereocenters. The van der Waals surface area contributed by atoms with E-state index < -0.39 is 0 Å². The minimum atomic E-state index is -0.116. The van der Waals surface area contributed by atoms with Crippen molar-refractivity contribution in [3.8, 4) is 34.1 Å². The Bertz CT molecular complexity index is 659. The number of fused-ring (bicyclic) bond motifs is 3. The summed E-state index contributed by atoms with van der Waals surface area (Å²) in [7, 11) is 3.20. The van der Waals surface area contributed by atoms with E-state index in [4.69, 9.17) is 9.47 Å². The van der Waals surface area contributed by atoms with Crippen LogP contribution in [0, 0.1) is 0 Å². The van der Waals surface area contributed by atoms with Gasteiger partial charge < -0.3 is 19.7 Å². The van der Waals surface area contributed by atoms with Crippen LogP contribution in [0.5, 0.6) is 23.0 Å². The number of hydrogen-bond donors (Lipinski definition) is 2. The number of phenols is 2. The Labute approximate surface area is 117 Å². The van der Waals surface area contributed by atoms with Gasteiger partial charge in [0.1, 0.15) is 11.5 Å². The zero-order valence-corrected chi connectivity index (χ0v) is 11.4. The molecule has 0 saturated carbocycles. The van der Waals surface area contributed by atoms with E-state index in [9.17, 15) is 10.2 Å². The van der Waals surface area contributed by atoms with Crippen molar-refractivity contribution in [1.82, 2.24) is 0 Å². The summed E-state index contributed by atoms with van der Waals surface area (Å²) in [5, 5.41) is 19.9. The van der Waals surface area contributed by atoms with E-state index in [1.807, 2.05) is 12.1 Å². The zero-order valence-electron chi connectivity index (χ0n) is 11.4. The van der Waals surface area contributed by atoms with Crippen LogP contribution in [-0.4, -0.2) is 24.4 Å². The number of phenolic OH excluding ortho intramolecular Hbond substituents is 2. The quantitative estimate of drug-likeness (QED) is 0.825. The van der Waals surface area contributed by atoms with E-state index in [0.29, 0.717) is 11.3 Å². The number of aromatic hydroxyl groups is 2. The first-order valence-electron chi connectivity index (χ1n) is 6.44. The smallest absolute Gasteiger partial charge is 0.165 e.